The smallest absolute Gasteiger partial charge is 0.227 e. The molecule has 0 bridgehead atoms. The number of aryl methyl sites for hydroxylation is 2. The van der Waals surface area contributed by atoms with Gasteiger partial charge in [0.05, 0.1) is 18.2 Å². The first kappa shape index (κ1) is 21.4. The number of fused-ring (bicyclic) bond motifs is 1. The molecular formula is C27H31N5O. The van der Waals surface area contributed by atoms with Gasteiger partial charge in [-0.25, -0.2) is 0 Å². The third kappa shape index (κ3) is 4.30. The number of aromatic nitrogens is 4. The van der Waals surface area contributed by atoms with Crippen LogP contribution in [0.1, 0.15) is 42.6 Å². The lowest BCUT2D eigenvalue weighted by Crippen LogP contribution is -2.42. The van der Waals surface area contributed by atoms with Crippen molar-refractivity contribution < 1.29 is 4.79 Å². The van der Waals surface area contributed by atoms with E-state index >= 15 is 0 Å². The average molecular weight is 442 g/mol. The van der Waals surface area contributed by atoms with Gasteiger partial charge in [-0.3, -0.25) is 14.5 Å². The summed E-state index contributed by atoms with van der Waals surface area (Å²) in [4.78, 5) is 23.3. The highest BCUT2D eigenvalue weighted by Gasteiger charge is 2.30. The zero-order valence-electron chi connectivity index (χ0n) is 19.6. The van der Waals surface area contributed by atoms with Crippen LogP contribution in [0.5, 0.6) is 0 Å². The van der Waals surface area contributed by atoms with E-state index in [4.69, 9.17) is 0 Å². The summed E-state index contributed by atoms with van der Waals surface area (Å²) in [6.07, 6.45) is 7.73. The zero-order valence-corrected chi connectivity index (χ0v) is 19.6. The van der Waals surface area contributed by atoms with Gasteiger partial charge in [0.15, 0.2) is 0 Å². The van der Waals surface area contributed by atoms with E-state index in [-0.39, 0.29) is 17.7 Å². The summed E-state index contributed by atoms with van der Waals surface area (Å²) < 4.78 is 1.88. The molecule has 6 nitrogen and oxygen atoms in total. The van der Waals surface area contributed by atoms with Crippen molar-refractivity contribution in [1.29, 1.82) is 0 Å². The van der Waals surface area contributed by atoms with Crippen LogP contribution in [0.25, 0.3) is 22.0 Å². The quantitative estimate of drug-likeness (QED) is 0.469. The molecule has 0 aliphatic carbocycles. The molecule has 1 aromatic carbocycles. The van der Waals surface area contributed by atoms with Gasteiger partial charge in [-0.1, -0.05) is 18.6 Å². The summed E-state index contributed by atoms with van der Waals surface area (Å²) in [6.45, 7) is 8.29. The molecule has 2 unspecified atom stereocenters. The van der Waals surface area contributed by atoms with E-state index in [1.807, 2.05) is 43.2 Å². The van der Waals surface area contributed by atoms with Gasteiger partial charge in [-0.15, -0.1) is 0 Å². The van der Waals surface area contributed by atoms with Crippen molar-refractivity contribution in [2.75, 3.05) is 13.1 Å². The largest absolute Gasteiger partial charge is 0.358 e. The number of nitrogens with zero attached hydrogens (tertiary/aromatic N) is 4. The molecular weight excluding hydrogens is 410 g/mol. The fourth-order valence-electron chi connectivity index (χ4n) is 5.11. The van der Waals surface area contributed by atoms with Crippen molar-refractivity contribution in [2.24, 2.45) is 5.92 Å². The fraction of sp³-hybridized carbons (Fsp3) is 0.370. The highest BCUT2D eigenvalue weighted by Crippen LogP contribution is 2.39. The average Bonchev–Trinajstić information content (AvgIpc) is 3.41. The lowest BCUT2D eigenvalue weighted by atomic mass is 9.89. The molecule has 1 N–H and O–H groups in total. The number of carbonyl (C=O) groups is 1. The summed E-state index contributed by atoms with van der Waals surface area (Å²) in [7, 11) is 0. The molecule has 33 heavy (non-hydrogen) atoms. The molecule has 0 radical (unpaired) electrons. The second-order valence-corrected chi connectivity index (χ2v) is 9.40. The minimum Gasteiger partial charge on any atom is -0.358 e. The molecule has 5 rings (SSSR count). The van der Waals surface area contributed by atoms with Gasteiger partial charge in [0.2, 0.25) is 5.91 Å². The number of aromatic amines is 1. The molecule has 170 valence electrons. The third-order valence-corrected chi connectivity index (χ3v) is 6.75. The monoisotopic (exact) mass is 441 g/mol. The summed E-state index contributed by atoms with van der Waals surface area (Å²) in [5, 5.41) is 5.69. The van der Waals surface area contributed by atoms with Crippen LogP contribution in [0, 0.1) is 19.8 Å². The second kappa shape index (κ2) is 8.85. The van der Waals surface area contributed by atoms with Gasteiger partial charge in [0.25, 0.3) is 0 Å². The number of likely N-dealkylation sites (tertiary alicyclic amines) is 1. The Morgan fingerprint density at radius 1 is 1.18 bits per heavy atom. The molecule has 2 atom stereocenters. The summed E-state index contributed by atoms with van der Waals surface area (Å²) in [5.74, 6) is 0.385. The highest BCUT2D eigenvalue weighted by atomic mass is 16.2. The molecule has 6 heteroatoms. The number of carbonyl (C=O) groups excluding carboxylic acids is 1. The summed E-state index contributed by atoms with van der Waals surface area (Å²) in [5.41, 5.74) is 7.01. The van der Waals surface area contributed by atoms with E-state index in [1.165, 1.54) is 27.8 Å². The van der Waals surface area contributed by atoms with Gasteiger partial charge in [0, 0.05) is 59.8 Å². The van der Waals surface area contributed by atoms with Crippen molar-refractivity contribution in [3.05, 3.63) is 71.9 Å². The Balaban J connectivity index is 1.43. The molecule has 0 spiro atoms. The maximum Gasteiger partial charge on any atom is 0.227 e. The van der Waals surface area contributed by atoms with Gasteiger partial charge in [-0.2, -0.15) is 5.10 Å². The van der Waals surface area contributed by atoms with Crippen molar-refractivity contribution >= 4 is 16.8 Å². The lowest BCUT2D eigenvalue weighted by Gasteiger charge is -2.34. The Morgan fingerprint density at radius 3 is 2.76 bits per heavy atom. The number of rotatable bonds is 5. The predicted molar refractivity (Wildman–Crippen MR) is 131 cm³/mol. The Hall–Kier alpha value is -3.41. The van der Waals surface area contributed by atoms with E-state index in [0.717, 1.165) is 37.1 Å². The van der Waals surface area contributed by atoms with Crippen LogP contribution < -0.4 is 0 Å². The molecule has 4 heterocycles. The van der Waals surface area contributed by atoms with Gasteiger partial charge < -0.3 is 9.88 Å². The van der Waals surface area contributed by atoms with Crippen LogP contribution in [0.4, 0.5) is 0 Å². The van der Waals surface area contributed by atoms with E-state index in [1.54, 1.807) is 0 Å². The van der Waals surface area contributed by atoms with Crippen LogP contribution >= 0.6 is 0 Å². The first-order valence-corrected chi connectivity index (χ1v) is 11.8. The molecule has 1 fully saturated rings. The van der Waals surface area contributed by atoms with Crippen LogP contribution in [-0.2, 0) is 11.3 Å². The Labute approximate surface area is 194 Å². The minimum absolute atomic E-state index is 0.104. The molecule has 1 saturated heterocycles. The van der Waals surface area contributed by atoms with Crippen LogP contribution in [0.15, 0.2) is 55.0 Å². The predicted octanol–water partition coefficient (Wildman–Crippen LogP) is 5.09. The molecule has 1 aliphatic rings. The number of pyridine rings is 1. The number of benzene rings is 1. The standard InChI is InChI=1S/C27H31N5O/c1-18-6-7-24-23(15-18)25(21-8-11-28-12-9-21)26(29-24)22-5-4-13-31(17-22)27(33)19(2)16-32-14-10-20(3)30-32/h6-12,14-15,19,22,29H,4-5,13,16-17H2,1-3H3. The number of H-pyrrole nitrogens is 1. The van der Waals surface area contributed by atoms with E-state index in [2.05, 4.69) is 57.2 Å². The van der Waals surface area contributed by atoms with Crippen LogP contribution in [0.3, 0.4) is 0 Å². The number of amides is 1. The highest BCUT2D eigenvalue weighted by molar-refractivity contribution is 5.98. The lowest BCUT2D eigenvalue weighted by molar-refractivity contribution is -0.136. The minimum atomic E-state index is -0.104. The SMILES string of the molecule is Cc1ccc2[nH]c(C3CCCN(C(=O)C(C)Cn4ccc(C)n4)C3)c(-c3ccncc3)c2c1. The molecule has 1 amide bonds. The number of nitrogens with one attached hydrogen (secondary N) is 1. The molecule has 1 aliphatic heterocycles. The maximum absolute atomic E-state index is 13.3. The Kier molecular flexibility index (Phi) is 5.75. The van der Waals surface area contributed by atoms with Gasteiger partial charge in [-0.05, 0) is 62.6 Å². The zero-order chi connectivity index (χ0) is 22.9. The first-order valence-electron chi connectivity index (χ1n) is 11.8. The van der Waals surface area contributed by atoms with E-state index in [9.17, 15) is 4.79 Å². The van der Waals surface area contributed by atoms with Crippen molar-refractivity contribution in [3.63, 3.8) is 0 Å². The van der Waals surface area contributed by atoms with Crippen LogP contribution in [-0.4, -0.2) is 43.6 Å². The maximum atomic E-state index is 13.3. The summed E-state index contributed by atoms with van der Waals surface area (Å²) in [6, 6.07) is 12.7. The van der Waals surface area contributed by atoms with Gasteiger partial charge in [0.1, 0.15) is 0 Å². The number of hydrogen-bond acceptors (Lipinski definition) is 3. The fourth-order valence-corrected chi connectivity index (χ4v) is 5.11. The topological polar surface area (TPSA) is 66.8 Å². The normalized spacial score (nSPS) is 17.4. The molecule has 4 aromatic rings. The van der Waals surface area contributed by atoms with E-state index < -0.39 is 0 Å². The Bertz CT molecular complexity index is 1270. The summed E-state index contributed by atoms with van der Waals surface area (Å²) >= 11 is 0. The third-order valence-electron chi connectivity index (χ3n) is 6.75. The van der Waals surface area contributed by atoms with Crippen molar-refractivity contribution in [1.82, 2.24) is 24.6 Å². The molecule has 3 aromatic heterocycles. The van der Waals surface area contributed by atoms with Gasteiger partial charge >= 0.3 is 0 Å². The first-order chi connectivity index (χ1) is 16.0. The van der Waals surface area contributed by atoms with Crippen molar-refractivity contribution in [2.45, 2.75) is 46.1 Å². The number of piperidine rings is 1. The Morgan fingerprint density at radius 2 is 2.00 bits per heavy atom. The number of hydrogen-bond donors (Lipinski definition) is 1. The second-order valence-electron chi connectivity index (χ2n) is 9.40. The van der Waals surface area contributed by atoms with E-state index in [0.29, 0.717) is 6.54 Å². The van der Waals surface area contributed by atoms with Crippen LogP contribution in [0.2, 0.25) is 0 Å². The molecule has 0 saturated carbocycles. The van der Waals surface area contributed by atoms with Crippen molar-refractivity contribution in [3.8, 4) is 11.1 Å².